The first-order valence-corrected chi connectivity index (χ1v) is 7.18. The van der Waals surface area contributed by atoms with Gasteiger partial charge in [0.05, 0.1) is 22.5 Å². The summed E-state index contributed by atoms with van der Waals surface area (Å²) in [6, 6.07) is 3.55. The number of nitrogens with one attached hydrogen (secondary N) is 1. The minimum Gasteiger partial charge on any atom is -0.390 e. The Hall–Kier alpha value is -1.55. The maximum atomic E-state index is 11.6. The zero-order valence-electron chi connectivity index (χ0n) is 11.1. The van der Waals surface area contributed by atoms with E-state index in [2.05, 4.69) is 4.72 Å². The molecule has 1 aromatic carbocycles. The molecule has 0 aliphatic heterocycles. The van der Waals surface area contributed by atoms with E-state index in [4.69, 9.17) is 4.74 Å². The van der Waals surface area contributed by atoms with Gasteiger partial charge in [0.2, 0.25) is 10.0 Å². The number of benzene rings is 1. The third-order valence-corrected chi connectivity index (χ3v) is 4.06. The monoisotopic (exact) mass is 304 g/mol. The van der Waals surface area contributed by atoms with Crippen LogP contribution in [0.2, 0.25) is 0 Å². The summed E-state index contributed by atoms with van der Waals surface area (Å²) in [5.74, 6) is 0. The lowest BCUT2D eigenvalue weighted by atomic mass is 10.1. The quantitative estimate of drug-likeness (QED) is 0.543. The first-order valence-electron chi connectivity index (χ1n) is 5.69. The lowest BCUT2D eigenvalue weighted by molar-refractivity contribution is -0.385. The van der Waals surface area contributed by atoms with Crippen molar-refractivity contribution >= 4 is 15.7 Å². The Bertz CT molecular complexity index is 587. The second-order valence-corrected chi connectivity index (χ2v) is 5.96. The molecule has 9 heteroatoms. The highest BCUT2D eigenvalue weighted by Crippen LogP contribution is 2.24. The van der Waals surface area contributed by atoms with Crippen molar-refractivity contribution in [1.29, 1.82) is 0 Å². The van der Waals surface area contributed by atoms with Gasteiger partial charge in [-0.3, -0.25) is 10.1 Å². The van der Waals surface area contributed by atoms with Gasteiger partial charge in [-0.1, -0.05) is 6.07 Å². The Balaban J connectivity index is 3.18. The number of methoxy groups -OCH3 is 1. The molecule has 0 aliphatic rings. The highest BCUT2D eigenvalue weighted by Gasteiger charge is 2.21. The first kappa shape index (κ1) is 16.5. The van der Waals surface area contributed by atoms with Gasteiger partial charge in [-0.25, -0.2) is 13.1 Å². The highest BCUT2D eigenvalue weighted by molar-refractivity contribution is 7.89. The number of nitro benzene ring substituents is 1. The van der Waals surface area contributed by atoms with Crippen molar-refractivity contribution in [2.24, 2.45) is 0 Å². The number of nitrogens with zero attached hydrogens (tertiary/aromatic N) is 1. The number of nitro groups is 1. The maximum Gasteiger partial charge on any atom is 0.274 e. The van der Waals surface area contributed by atoms with Gasteiger partial charge in [0, 0.05) is 25.2 Å². The number of hydrogen-bond acceptors (Lipinski definition) is 6. The topological polar surface area (TPSA) is 119 Å². The van der Waals surface area contributed by atoms with Crippen molar-refractivity contribution in [3.63, 3.8) is 0 Å². The second kappa shape index (κ2) is 6.75. The molecule has 112 valence electrons. The number of aliphatic hydroxyl groups excluding tert-OH is 1. The number of ether oxygens (including phenoxy) is 1. The van der Waals surface area contributed by atoms with Gasteiger partial charge >= 0.3 is 0 Å². The van der Waals surface area contributed by atoms with E-state index >= 15 is 0 Å². The SMILES string of the molecule is CNS(=O)(=O)c1ccc(CC(O)COC)c([N+](=O)[O-])c1. The van der Waals surface area contributed by atoms with Gasteiger partial charge in [0.15, 0.2) is 0 Å². The van der Waals surface area contributed by atoms with Crippen LogP contribution in [0.25, 0.3) is 0 Å². The summed E-state index contributed by atoms with van der Waals surface area (Å²) < 4.78 is 30.0. The summed E-state index contributed by atoms with van der Waals surface area (Å²) in [5, 5.41) is 20.6. The van der Waals surface area contributed by atoms with E-state index < -0.39 is 21.1 Å². The van der Waals surface area contributed by atoms with E-state index in [-0.39, 0.29) is 29.2 Å². The summed E-state index contributed by atoms with van der Waals surface area (Å²) in [7, 11) is -1.13. The number of hydrogen-bond donors (Lipinski definition) is 2. The minimum atomic E-state index is -3.75. The largest absolute Gasteiger partial charge is 0.390 e. The van der Waals surface area contributed by atoms with Gasteiger partial charge in [-0.2, -0.15) is 0 Å². The van der Waals surface area contributed by atoms with Gasteiger partial charge < -0.3 is 9.84 Å². The van der Waals surface area contributed by atoms with Crippen LogP contribution in [-0.2, 0) is 21.2 Å². The van der Waals surface area contributed by atoms with E-state index in [9.17, 15) is 23.6 Å². The molecular weight excluding hydrogens is 288 g/mol. The average molecular weight is 304 g/mol. The fourth-order valence-corrected chi connectivity index (χ4v) is 2.43. The van der Waals surface area contributed by atoms with Gasteiger partial charge in [0.25, 0.3) is 5.69 Å². The minimum absolute atomic E-state index is 0.00400. The van der Waals surface area contributed by atoms with Gasteiger partial charge in [-0.15, -0.1) is 0 Å². The van der Waals surface area contributed by atoms with Crippen molar-refractivity contribution < 1.29 is 23.2 Å². The molecule has 20 heavy (non-hydrogen) atoms. The van der Waals surface area contributed by atoms with E-state index in [0.717, 1.165) is 6.07 Å². The van der Waals surface area contributed by atoms with E-state index in [1.807, 2.05) is 0 Å². The molecule has 0 saturated carbocycles. The Kier molecular flexibility index (Phi) is 5.57. The number of sulfonamides is 1. The molecule has 1 aromatic rings. The van der Waals surface area contributed by atoms with Crippen LogP contribution in [0.15, 0.2) is 23.1 Å². The Morgan fingerprint density at radius 1 is 1.50 bits per heavy atom. The molecule has 2 N–H and O–H groups in total. The van der Waals surface area contributed by atoms with Crippen LogP contribution in [0, 0.1) is 10.1 Å². The number of aliphatic hydroxyl groups is 1. The predicted octanol–water partition coefficient (Wildman–Crippen LogP) is 0.0527. The Morgan fingerprint density at radius 2 is 2.15 bits per heavy atom. The van der Waals surface area contributed by atoms with Gasteiger partial charge in [-0.05, 0) is 13.1 Å². The Morgan fingerprint density at radius 3 is 2.65 bits per heavy atom. The van der Waals surface area contributed by atoms with Crippen LogP contribution in [0.5, 0.6) is 0 Å². The zero-order chi connectivity index (χ0) is 15.3. The predicted molar refractivity (Wildman–Crippen MR) is 70.9 cm³/mol. The summed E-state index contributed by atoms with van der Waals surface area (Å²) in [6.07, 6.45) is -0.894. The van der Waals surface area contributed by atoms with Crippen molar-refractivity contribution in [2.45, 2.75) is 17.4 Å². The lowest BCUT2D eigenvalue weighted by Gasteiger charge is -2.10. The standard InChI is InChI=1S/C11H16N2O6S/c1-12-20(17,18)10-4-3-8(5-9(14)7-19-2)11(6-10)13(15)16/h3-4,6,9,12,14H,5,7H2,1-2H3. The molecule has 0 bridgehead atoms. The van der Waals surface area contributed by atoms with Crippen LogP contribution < -0.4 is 4.72 Å². The fraction of sp³-hybridized carbons (Fsp3) is 0.455. The zero-order valence-corrected chi connectivity index (χ0v) is 11.9. The van der Waals surface area contributed by atoms with Crippen molar-refractivity contribution in [1.82, 2.24) is 4.72 Å². The fourth-order valence-electron chi connectivity index (χ4n) is 1.68. The van der Waals surface area contributed by atoms with Crippen LogP contribution in [0.3, 0.4) is 0 Å². The van der Waals surface area contributed by atoms with Crippen LogP contribution in [0.1, 0.15) is 5.56 Å². The van der Waals surface area contributed by atoms with E-state index in [1.165, 1.54) is 26.3 Å². The highest BCUT2D eigenvalue weighted by atomic mass is 32.2. The van der Waals surface area contributed by atoms with Crippen molar-refractivity contribution in [3.05, 3.63) is 33.9 Å². The molecule has 1 rings (SSSR count). The maximum absolute atomic E-state index is 11.6. The average Bonchev–Trinajstić information content (AvgIpc) is 2.38. The van der Waals surface area contributed by atoms with Gasteiger partial charge in [0.1, 0.15) is 0 Å². The van der Waals surface area contributed by atoms with Crippen LogP contribution in [-0.4, -0.2) is 45.3 Å². The summed E-state index contributed by atoms with van der Waals surface area (Å²) in [6.45, 7) is 0.0354. The number of rotatable bonds is 7. The lowest BCUT2D eigenvalue weighted by Crippen LogP contribution is -2.20. The second-order valence-electron chi connectivity index (χ2n) is 4.07. The van der Waals surface area contributed by atoms with Crippen molar-refractivity contribution in [2.75, 3.05) is 20.8 Å². The third kappa shape index (κ3) is 3.97. The van der Waals surface area contributed by atoms with Crippen LogP contribution in [0.4, 0.5) is 5.69 Å². The van der Waals surface area contributed by atoms with Crippen LogP contribution >= 0.6 is 0 Å². The van der Waals surface area contributed by atoms with E-state index in [1.54, 1.807) is 0 Å². The molecule has 0 radical (unpaired) electrons. The molecule has 8 nitrogen and oxygen atoms in total. The Labute approximate surface area is 116 Å². The molecule has 0 fully saturated rings. The van der Waals surface area contributed by atoms with Crippen molar-refractivity contribution in [3.8, 4) is 0 Å². The molecule has 1 atom stereocenters. The summed E-state index contributed by atoms with van der Waals surface area (Å²) in [5.41, 5.74) is -0.105. The van der Waals surface area contributed by atoms with E-state index in [0.29, 0.717) is 0 Å². The molecule has 0 aromatic heterocycles. The third-order valence-electron chi connectivity index (χ3n) is 2.65. The molecule has 1 unspecified atom stereocenters. The summed E-state index contributed by atoms with van der Waals surface area (Å²) >= 11 is 0. The summed E-state index contributed by atoms with van der Waals surface area (Å²) in [4.78, 5) is 10.1. The smallest absolute Gasteiger partial charge is 0.274 e. The molecule has 0 aliphatic carbocycles. The molecule has 0 saturated heterocycles. The molecule has 0 amide bonds. The first-order chi connectivity index (χ1) is 9.31. The molecule has 0 spiro atoms. The normalized spacial score (nSPS) is 13.2. The molecule has 0 heterocycles. The molecular formula is C11H16N2O6S.